The summed E-state index contributed by atoms with van der Waals surface area (Å²) in [5, 5.41) is 13.8. The molecule has 4 rings (SSSR count). The van der Waals surface area contributed by atoms with Gasteiger partial charge in [-0.1, -0.05) is 23.4 Å². The summed E-state index contributed by atoms with van der Waals surface area (Å²) in [4.78, 5) is 31.2. The number of benzene rings is 1. The van der Waals surface area contributed by atoms with Crippen LogP contribution in [0.1, 0.15) is 29.8 Å². The second kappa shape index (κ2) is 5.61. The van der Waals surface area contributed by atoms with Crippen molar-refractivity contribution in [3.63, 3.8) is 0 Å². The van der Waals surface area contributed by atoms with Gasteiger partial charge in [0, 0.05) is 50.3 Å². The minimum atomic E-state index is -1.04. The van der Waals surface area contributed by atoms with Crippen molar-refractivity contribution in [1.29, 1.82) is 0 Å². The molecule has 2 aliphatic heterocycles. The van der Waals surface area contributed by atoms with E-state index in [1.165, 1.54) is 0 Å². The van der Waals surface area contributed by atoms with Crippen LogP contribution in [0.25, 0.3) is 10.9 Å². The Balaban J connectivity index is 1.48. The Hall–Kier alpha value is -2.83. The molecule has 1 N–H and O–H groups in total. The molecule has 1 aromatic carbocycles. The van der Waals surface area contributed by atoms with Crippen molar-refractivity contribution in [2.75, 3.05) is 13.1 Å². The SMILES string of the molecule is Cn1c(C(=O)N2CCC3(CC2)CC(C(=O)O)=NO3)cc2ccccc21. The second-order valence-corrected chi connectivity index (χ2v) is 6.73. The molecule has 7 heteroatoms. The number of hydrogen-bond acceptors (Lipinski definition) is 4. The van der Waals surface area contributed by atoms with Gasteiger partial charge < -0.3 is 19.4 Å². The first-order chi connectivity index (χ1) is 12.0. The predicted octanol–water partition coefficient (Wildman–Crippen LogP) is 2.01. The van der Waals surface area contributed by atoms with E-state index < -0.39 is 11.6 Å². The number of nitrogens with zero attached hydrogens (tertiary/aromatic N) is 3. The summed E-state index contributed by atoms with van der Waals surface area (Å²) >= 11 is 0. The Morgan fingerprint density at radius 3 is 2.60 bits per heavy atom. The molecule has 7 nitrogen and oxygen atoms in total. The van der Waals surface area contributed by atoms with Crippen LogP contribution in [0, 0.1) is 0 Å². The number of piperidine rings is 1. The lowest BCUT2D eigenvalue weighted by molar-refractivity contribution is -0.129. The number of aryl methyl sites for hydroxylation is 1. The Bertz CT molecular complexity index is 891. The predicted molar refractivity (Wildman–Crippen MR) is 91.6 cm³/mol. The maximum atomic E-state index is 12.9. The first-order valence-electron chi connectivity index (χ1n) is 8.31. The molecule has 0 aliphatic carbocycles. The number of aliphatic carboxylic acids is 1. The van der Waals surface area contributed by atoms with Crippen LogP contribution in [0.2, 0.25) is 0 Å². The van der Waals surface area contributed by atoms with Crippen LogP contribution in [0.3, 0.4) is 0 Å². The number of hydrogen-bond donors (Lipinski definition) is 1. The molecule has 0 atom stereocenters. The number of carbonyl (C=O) groups is 2. The number of likely N-dealkylation sites (tertiary alicyclic amines) is 1. The van der Waals surface area contributed by atoms with Crippen molar-refractivity contribution < 1.29 is 19.5 Å². The number of rotatable bonds is 2. The lowest BCUT2D eigenvalue weighted by Gasteiger charge is -2.37. The molecular weight excluding hydrogens is 322 g/mol. The number of para-hydroxylation sites is 1. The molecule has 1 fully saturated rings. The zero-order chi connectivity index (χ0) is 17.6. The molecule has 1 aromatic heterocycles. The topological polar surface area (TPSA) is 84.1 Å². The molecule has 25 heavy (non-hydrogen) atoms. The summed E-state index contributed by atoms with van der Waals surface area (Å²) in [5.74, 6) is -1.04. The highest BCUT2D eigenvalue weighted by molar-refractivity contribution is 6.36. The summed E-state index contributed by atoms with van der Waals surface area (Å²) in [6.07, 6.45) is 1.48. The van der Waals surface area contributed by atoms with Gasteiger partial charge in [0.2, 0.25) is 0 Å². The molecule has 1 spiro atoms. The van der Waals surface area contributed by atoms with Gasteiger partial charge in [0.15, 0.2) is 5.71 Å². The third-order valence-corrected chi connectivity index (χ3v) is 5.22. The summed E-state index contributed by atoms with van der Waals surface area (Å²) < 4.78 is 1.92. The molecule has 3 heterocycles. The molecule has 130 valence electrons. The van der Waals surface area contributed by atoms with Gasteiger partial charge in [-0.05, 0) is 12.1 Å². The number of aromatic nitrogens is 1. The van der Waals surface area contributed by atoms with Gasteiger partial charge in [-0.25, -0.2) is 4.79 Å². The van der Waals surface area contributed by atoms with Crippen molar-refractivity contribution in [2.24, 2.45) is 12.2 Å². The Labute approximate surface area is 144 Å². The van der Waals surface area contributed by atoms with Gasteiger partial charge in [0.25, 0.3) is 5.91 Å². The molecule has 1 amide bonds. The zero-order valence-electron chi connectivity index (χ0n) is 13.9. The van der Waals surface area contributed by atoms with Crippen molar-refractivity contribution in [2.45, 2.75) is 24.9 Å². The average Bonchev–Trinajstić information content (AvgIpc) is 3.18. The number of carboxylic acid groups (broad SMARTS) is 1. The Morgan fingerprint density at radius 1 is 1.24 bits per heavy atom. The third-order valence-electron chi connectivity index (χ3n) is 5.22. The van der Waals surface area contributed by atoms with Gasteiger partial charge in [0.05, 0.1) is 0 Å². The summed E-state index contributed by atoms with van der Waals surface area (Å²) in [6, 6.07) is 9.82. The van der Waals surface area contributed by atoms with E-state index in [0.717, 1.165) is 10.9 Å². The average molecular weight is 341 g/mol. The number of fused-ring (bicyclic) bond motifs is 1. The molecule has 2 aliphatic rings. The van der Waals surface area contributed by atoms with Crippen molar-refractivity contribution >= 4 is 28.5 Å². The first-order valence-corrected chi connectivity index (χ1v) is 8.31. The van der Waals surface area contributed by atoms with Gasteiger partial charge in [-0.2, -0.15) is 0 Å². The van der Waals surface area contributed by atoms with E-state index in [-0.39, 0.29) is 11.6 Å². The van der Waals surface area contributed by atoms with Crippen LogP contribution in [-0.2, 0) is 16.7 Å². The minimum Gasteiger partial charge on any atom is -0.477 e. The van der Waals surface area contributed by atoms with Crippen LogP contribution >= 0.6 is 0 Å². The van der Waals surface area contributed by atoms with E-state index >= 15 is 0 Å². The standard InChI is InChI=1S/C18H19N3O4/c1-20-14-5-3-2-4-12(14)10-15(20)16(22)21-8-6-18(7-9-21)11-13(17(23)24)19-25-18/h2-5,10H,6-9,11H2,1H3,(H,23,24). The highest BCUT2D eigenvalue weighted by Crippen LogP contribution is 2.35. The summed E-state index contributed by atoms with van der Waals surface area (Å²) in [7, 11) is 1.90. The monoisotopic (exact) mass is 341 g/mol. The molecular formula is C18H19N3O4. The van der Waals surface area contributed by atoms with E-state index in [1.54, 1.807) is 0 Å². The Kier molecular flexibility index (Phi) is 3.52. The van der Waals surface area contributed by atoms with Crippen molar-refractivity contribution in [3.05, 3.63) is 36.0 Å². The summed E-state index contributed by atoms with van der Waals surface area (Å²) in [6.45, 7) is 1.06. The highest BCUT2D eigenvalue weighted by Gasteiger charge is 2.44. The zero-order valence-corrected chi connectivity index (χ0v) is 13.9. The summed E-state index contributed by atoms with van der Waals surface area (Å²) in [5.41, 5.74) is 1.18. The van der Waals surface area contributed by atoms with Gasteiger partial charge in [0.1, 0.15) is 11.3 Å². The molecule has 0 radical (unpaired) electrons. The minimum absolute atomic E-state index is 0.00840. The van der Waals surface area contributed by atoms with E-state index in [2.05, 4.69) is 5.16 Å². The van der Waals surface area contributed by atoms with Crippen LogP contribution in [0.15, 0.2) is 35.5 Å². The molecule has 0 saturated carbocycles. The van der Waals surface area contributed by atoms with E-state index in [4.69, 9.17) is 9.94 Å². The largest absolute Gasteiger partial charge is 0.477 e. The van der Waals surface area contributed by atoms with Crippen molar-refractivity contribution in [1.82, 2.24) is 9.47 Å². The maximum Gasteiger partial charge on any atom is 0.353 e. The lowest BCUT2D eigenvalue weighted by Crippen LogP contribution is -2.47. The number of carboxylic acids is 1. The van der Waals surface area contributed by atoms with E-state index in [0.29, 0.717) is 38.0 Å². The fourth-order valence-corrected chi connectivity index (χ4v) is 3.68. The van der Waals surface area contributed by atoms with Gasteiger partial charge >= 0.3 is 5.97 Å². The maximum absolute atomic E-state index is 12.9. The van der Waals surface area contributed by atoms with E-state index in [9.17, 15) is 9.59 Å². The van der Waals surface area contributed by atoms with Gasteiger partial charge in [-0.3, -0.25) is 4.79 Å². The number of carbonyl (C=O) groups excluding carboxylic acids is 1. The molecule has 2 aromatic rings. The highest BCUT2D eigenvalue weighted by atomic mass is 16.7. The fourth-order valence-electron chi connectivity index (χ4n) is 3.68. The van der Waals surface area contributed by atoms with Gasteiger partial charge in [-0.15, -0.1) is 0 Å². The fraction of sp³-hybridized carbons (Fsp3) is 0.389. The van der Waals surface area contributed by atoms with Crippen LogP contribution in [0.4, 0.5) is 0 Å². The quantitative estimate of drug-likeness (QED) is 0.906. The normalized spacial score (nSPS) is 19.1. The van der Waals surface area contributed by atoms with Crippen LogP contribution in [-0.4, -0.2) is 50.9 Å². The third kappa shape index (κ3) is 2.56. The van der Waals surface area contributed by atoms with Crippen LogP contribution in [0.5, 0.6) is 0 Å². The number of amides is 1. The van der Waals surface area contributed by atoms with E-state index in [1.807, 2.05) is 46.8 Å². The molecule has 1 saturated heterocycles. The first kappa shape index (κ1) is 15.7. The second-order valence-electron chi connectivity index (χ2n) is 6.73. The molecule has 0 unspecified atom stereocenters. The Morgan fingerprint density at radius 2 is 1.96 bits per heavy atom. The number of oxime groups is 1. The van der Waals surface area contributed by atoms with Crippen LogP contribution < -0.4 is 0 Å². The smallest absolute Gasteiger partial charge is 0.353 e. The lowest BCUT2D eigenvalue weighted by atomic mass is 9.87. The van der Waals surface area contributed by atoms with Crippen molar-refractivity contribution in [3.8, 4) is 0 Å². The molecule has 0 bridgehead atoms.